The summed E-state index contributed by atoms with van der Waals surface area (Å²) in [6.07, 6.45) is -1.89. The first-order valence-electron chi connectivity index (χ1n) is 4.85. The lowest BCUT2D eigenvalue weighted by Crippen LogP contribution is -2.12. The van der Waals surface area contributed by atoms with E-state index >= 15 is 0 Å². The molecule has 1 rings (SSSR count). The van der Waals surface area contributed by atoms with Gasteiger partial charge in [0.1, 0.15) is 11.4 Å². The SMILES string of the molecule is CCC(C)n1nc(C(F)F)cc1C(C)=O. The molecular weight excluding hydrogens is 202 g/mol. The molecule has 3 nitrogen and oxygen atoms in total. The van der Waals surface area contributed by atoms with Crippen LogP contribution in [0.4, 0.5) is 8.78 Å². The first kappa shape index (κ1) is 11.8. The summed E-state index contributed by atoms with van der Waals surface area (Å²) in [6.45, 7) is 5.11. The molecule has 0 bridgehead atoms. The van der Waals surface area contributed by atoms with E-state index in [2.05, 4.69) is 5.10 Å². The van der Waals surface area contributed by atoms with Crippen LogP contribution in [0.3, 0.4) is 0 Å². The Morgan fingerprint density at radius 2 is 2.20 bits per heavy atom. The van der Waals surface area contributed by atoms with Gasteiger partial charge in [-0.1, -0.05) is 6.92 Å². The van der Waals surface area contributed by atoms with Crippen molar-refractivity contribution in [3.8, 4) is 0 Å². The van der Waals surface area contributed by atoms with Crippen LogP contribution >= 0.6 is 0 Å². The van der Waals surface area contributed by atoms with Crippen molar-refractivity contribution in [1.29, 1.82) is 0 Å². The van der Waals surface area contributed by atoms with E-state index in [-0.39, 0.29) is 23.2 Å². The Hall–Kier alpha value is -1.26. The van der Waals surface area contributed by atoms with Gasteiger partial charge < -0.3 is 0 Å². The number of nitrogens with zero attached hydrogens (tertiary/aromatic N) is 2. The number of Topliss-reactive ketones (excluding diaryl/α,β-unsaturated/α-hetero) is 1. The minimum Gasteiger partial charge on any atom is -0.293 e. The van der Waals surface area contributed by atoms with E-state index in [4.69, 9.17) is 0 Å². The topological polar surface area (TPSA) is 34.9 Å². The van der Waals surface area contributed by atoms with Crippen molar-refractivity contribution in [2.45, 2.75) is 39.7 Å². The molecule has 0 aromatic carbocycles. The fourth-order valence-corrected chi connectivity index (χ4v) is 1.29. The molecule has 1 unspecified atom stereocenters. The number of carbonyl (C=O) groups is 1. The molecular formula is C10H14F2N2O. The highest BCUT2D eigenvalue weighted by Crippen LogP contribution is 2.22. The third-order valence-corrected chi connectivity index (χ3v) is 2.35. The van der Waals surface area contributed by atoms with Gasteiger partial charge in [0.25, 0.3) is 6.43 Å². The zero-order chi connectivity index (χ0) is 11.6. The molecule has 1 aromatic heterocycles. The van der Waals surface area contributed by atoms with Gasteiger partial charge in [-0.3, -0.25) is 9.48 Å². The second-order valence-electron chi connectivity index (χ2n) is 3.51. The maximum atomic E-state index is 12.4. The van der Waals surface area contributed by atoms with Gasteiger partial charge in [0.2, 0.25) is 0 Å². The largest absolute Gasteiger partial charge is 0.293 e. The Labute approximate surface area is 87.1 Å². The third kappa shape index (κ3) is 2.40. The Bertz CT molecular complexity index is 360. The standard InChI is InChI=1S/C10H14F2N2O/c1-4-6(2)14-9(7(3)15)5-8(13-14)10(11)12/h5-6,10H,4H2,1-3H3. The minimum absolute atomic E-state index is 0.0450. The molecule has 0 aliphatic heterocycles. The van der Waals surface area contributed by atoms with Crippen molar-refractivity contribution >= 4 is 5.78 Å². The van der Waals surface area contributed by atoms with E-state index in [9.17, 15) is 13.6 Å². The summed E-state index contributed by atoms with van der Waals surface area (Å²) in [6, 6.07) is 1.12. The molecule has 1 heterocycles. The van der Waals surface area contributed by atoms with Crippen LogP contribution < -0.4 is 0 Å². The number of hydrogen-bond acceptors (Lipinski definition) is 2. The van der Waals surface area contributed by atoms with Crippen LogP contribution in [0.1, 0.15) is 55.8 Å². The van der Waals surface area contributed by atoms with E-state index in [1.165, 1.54) is 17.7 Å². The summed E-state index contributed by atoms with van der Waals surface area (Å²) in [5.41, 5.74) is -0.0832. The van der Waals surface area contributed by atoms with E-state index < -0.39 is 6.43 Å². The molecule has 15 heavy (non-hydrogen) atoms. The van der Waals surface area contributed by atoms with Crippen molar-refractivity contribution < 1.29 is 13.6 Å². The van der Waals surface area contributed by atoms with Crippen molar-refractivity contribution in [1.82, 2.24) is 9.78 Å². The van der Waals surface area contributed by atoms with E-state index in [1.807, 2.05) is 13.8 Å². The molecule has 0 aliphatic carbocycles. The van der Waals surface area contributed by atoms with Crippen molar-refractivity contribution in [2.24, 2.45) is 0 Å². The van der Waals surface area contributed by atoms with Crippen molar-refractivity contribution in [3.05, 3.63) is 17.5 Å². The predicted molar refractivity (Wildman–Crippen MR) is 52.2 cm³/mol. The number of aromatic nitrogens is 2. The van der Waals surface area contributed by atoms with Crippen LogP contribution in [0, 0.1) is 0 Å². The summed E-state index contributed by atoms with van der Waals surface area (Å²) in [4.78, 5) is 11.2. The van der Waals surface area contributed by atoms with Gasteiger partial charge in [-0.15, -0.1) is 0 Å². The molecule has 1 aromatic rings. The number of halogens is 2. The van der Waals surface area contributed by atoms with Gasteiger partial charge in [0, 0.05) is 13.0 Å². The molecule has 0 radical (unpaired) electrons. The van der Waals surface area contributed by atoms with Gasteiger partial charge in [-0.2, -0.15) is 5.10 Å². The van der Waals surface area contributed by atoms with Crippen molar-refractivity contribution in [2.75, 3.05) is 0 Å². The van der Waals surface area contributed by atoms with Gasteiger partial charge >= 0.3 is 0 Å². The van der Waals surface area contributed by atoms with Crippen LogP contribution in [0.25, 0.3) is 0 Å². The number of carbonyl (C=O) groups excluding carboxylic acids is 1. The lowest BCUT2D eigenvalue weighted by molar-refractivity contribution is 0.100. The Balaban J connectivity index is 3.17. The summed E-state index contributed by atoms with van der Waals surface area (Å²) in [5.74, 6) is -0.241. The zero-order valence-corrected chi connectivity index (χ0v) is 9.00. The number of hydrogen-bond donors (Lipinski definition) is 0. The van der Waals surface area contributed by atoms with Crippen LogP contribution in [0.2, 0.25) is 0 Å². The van der Waals surface area contributed by atoms with Crippen LogP contribution in [0.5, 0.6) is 0 Å². The first-order valence-corrected chi connectivity index (χ1v) is 4.85. The molecule has 0 saturated carbocycles. The third-order valence-electron chi connectivity index (χ3n) is 2.35. The second kappa shape index (κ2) is 4.51. The fraction of sp³-hybridized carbons (Fsp3) is 0.600. The molecule has 0 N–H and O–H groups in total. The van der Waals surface area contributed by atoms with E-state index in [0.29, 0.717) is 0 Å². The fourth-order valence-electron chi connectivity index (χ4n) is 1.29. The van der Waals surface area contributed by atoms with Gasteiger partial charge in [0.15, 0.2) is 5.78 Å². The predicted octanol–water partition coefficient (Wildman–Crippen LogP) is 2.99. The Morgan fingerprint density at radius 3 is 2.60 bits per heavy atom. The maximum absolute atomic E-state index is 12.4. The highest BCUT2D eigenvalue weighted by molar-refractivity contribution is 5.92. The Kier molecular flexibility index (Phi) is 3.55. The summed E-state index contributed by atoms with van der Waals surface area (Å²) < 4.78 is 26.2. The molecule has 84 valence electrons. The molecule has 0 aliphatic rings. The smallest absolute Gasteiger partial charge is 0.282 e. The van der Waals surface area contributed by atoms with E-state index in [1.54, 1.807) is 0 Å². The average molecular weight is 216 g/mol. The lowest BCUT2D eigenvalue weighted by Gasteiger charge is -2.11. The highest BCUT2D eigenvalue weighted by Gasteiger charge is 2.19. The zero-order valence-electron chi connectivity index (χ0n) is 9.00. The van der Waals surface area contributed by atoms with Crippen LogP contribution in [-0.2, 0) is 0 Å². The van der Waals surface area contributed by atoms with Crippen LogP contribution in [0.15, 0.2) is 6.07 Å². The Morgan fingerprint density at radius 1 is 1.60 bits per heavy atom. The normalized spacial score (nSPS) is 13.2. The molecule has 0 saturated heterocycles. The van der Waals surface area contributed by atoms with Gasteiger partial charge in [0.05, 0.1) is 0 Å². The first-order chi connectivity index (χ1) is 6.97. The maximum Gasteiger partial charge on any atom is 0.282 e. The quantitative estimate of drug-likeness (QED) is 0.725. The van der Waals surface area contributed by atoms with Crippen LogP contribution in [-0.4, -0.2) is 15.6 Å². The van der Waals surface area contributed by atoms with Gasteiger partial charge in [-0.05, 0) is 19.4 Å². The monoisotopic (exact) mass is 216 g/mol. The molecule has 0 spiro atoms. The number of ketones is 1. The van der Waals surface area contributed by atoms with Crippen molar-refractivity contribution in [3.63, 3.8) is 0 Å². The second-order valence-corrected chi connectivity index (χ2v) is 3.51. The molecule has 0 amide bonds. The summed E-state index contributed by atoms with van der Waals surface area (Å²) >= 11 is 0. The van der Waals surface area contributed by atoms with E-state index in [0.717, 1.165) is 6.42 Å². The summed E-state index contributed by atoms with van der Waals surface area (Å²) in [7, 11) is 0. The molecule has 5 heteroatoms. The summed E-state index contributed by atoms with van der Waals surface area (Å²) in [5, 5.41) is 3.75. The lowest BCUT2D eigenvalue weighted by atomic mass is 10.2. The average Bonchev–Trinajstić information content (AvgIpc) is 2.61. The minimum atomic E-state index is -2.63. The number of rotatable bonds is 4. The highest BCUT2D eigenvalue weighted by atomic mass is 19.3. The molecule has 1 atom stereocenters. The number of alkyl halides is 2. The molecule has 0 fully saturated rings. The van der Waals surface area contributed by atoms with Gasteiger partial charge in [-0.25, -0.2) is 8.78 Å².